The van der Waals surface area contributed by atoms with Crippen LogP contribution in [0.4, 0.5) is 5.95 Å². The maximum Gasteiger partial charge on any atom is 0.272 e. The number of halogens is 1. The normalized spacial score (nSPS) is 14.1. The Hall–Kier alpha value is -2.67. The molecule has 0 saturated carbocycles. The van der Waals surface area contributed by atoms with Crippen molar-refractivity contribution in [3.05, 3.63) is 52.8 Å². The lowest BCUT2D eigenvalue weighted by Crippen LogP contribution is -2.50. The zero-order chi connectivity index (χ0) is 19.2. The third-order valence-corrected chi connectivity index (χ3v) is 4.71. The molecule has 0 radical (unpaired) electrons. The van der Waals surface area contributed by atoms with Gasteiger partial charge in [-0.25, -0.2) is 9.97 Å². The lowest BCUT2D eigenvalue weighted by Gasteiger charge is -2.34. The summed E-state index contributed by atoms with van der Waals surface area (Å²) in [5.41, 5.74) is 1.47. The minimum Gasteiger partial charge on any atom is -0.354 e. The number of benzene rings is 1. The van der Waals surface area contributed by atoms with E-state index >= 15 is 0 Å². The van der Waals surface area contributed by atoms with Gasteiger partial charge in [0.1, 0.15) is 5.69 Å². The molecule has 0 bridgehead atoms. The highest BCUT2D eigenvalue weighted by Gasteiger charge is 2.24. The summed E-state index contributed by atoms with van der Waals surface area (Å²) < 4.78 is 0. The molecule has 27 heavy (non-hydrogen) atoms. The molecule has 0 atom stereocenters. The molecule has 1 fully saturated rings. The van der Waals surface area contributed by atoms with Crippen LogP contribution in [-0.4, -0.2) is 64.3 Å². The van der Waals surface area contributed by atoms with E-state index in [1.54, 1.807) is 29.0 Å². The van der Waals surface area contributed by atoms with E-state index in [0.717, 1.165) is 12.0 Å². The Kier molecular flexibility index (Phi) is 6.24. The first-order valence-electron chi connectivity index (χ1n) is 8.89. The molecule has 2 amide bonds. The highest BCUT2D eigenvalue weighted by Crippen LogP contribution is 2.12. The van der Waals surface area contributed by atoms with Crippen molar-refractivity contribution < 1.29 is 9.59 Å². The number of hydrogen-bond acceptors (Lipinski definition) is 5. The fourth-order valence-electron chi connectivity index (χ4n) is 2.96. The zero-order valence-electron chi connectivity index (χ0n) is 15.2. The number of hydrogen-bond donors (Lipinski definition) is 1. The van der Waals surface area contributed by atoms with Gasteiger partial charge >= 0.3 is 0 Å². The van der Waals surface area contributed by atoms with Crippen molar-refractivity contribution in [1.29, 1.82) is 0 Å². The molecule has 1 aromatic heterocycles. The third kappa shape index (κ3) is 5.17. The zero-order valence-corrected chi connectivity index (χ0v) is 15.9. The number of amides is 2. The fraction of sp³-hybridized carbons (Fsp3) is 0.368. The molecule has 2 aromatic rings. The average Bonchev–Trinajstić information content (AvgIpc) is 2.68. The number of anilines is 1. The second-order valence-electron chi connectivity index (χ2n) is 6.37. The molecule has 1 aromatic carbocycles. The first kappa shape index (κ1) is 19.1. The molecule has 0 spiro atoms. The highest BCUT2D eigenvalue weighted by atomic mass is 35.5. The van der Waals surface area contributed by atoms with Gasteiger partial charge in [0.15, 0.2) is 0 Å². The van der Waals surface area contributed by atoms with Gasteiger partial charge in [0, 0.05) is 50.9 Å². The minimum atomic E-state index is -0.140. The SMILES string of the molecule is CC(=O)N1CCN(C(=O)c2ccnc(NCCc3cccc(Cl)c3)n2)CC1. The van der Waals surface area contributed by atoms with Crippen LogP contribution in [0.25, 0.3) is 0 Å². The van der Waals surface area contributed by atoms with Crippen LogP contribution < -0.4 is 5.32 Å². The number of carbonyl (C=O) groups excluding carboxylic acids is 2. The number of aromatic nitrogens is 2. The van der Waals surface area contributed by atoms with E-state index in [0.29, 0.717) is 49.4 Å². The van der Waals surface area contributed by atoms with Crippen molar-refractivity contribution >= 4 is 29.4 Å². The topological polar surface area (TPSA) is 78.4 Å². The Morgan fingerprint density at radius 3 is 2.59 bits per heavy atom. The van der Waals surface area contributed by atoms with Gasteiger partial charge in [0.25, 0.3) is 5.91 Å². The molecule has 3 rings (SSSR count). The van der Waals surface area contributed by atoms with Crippen molar-refractivity contribution in [2.45, 2.75) is 13.3 Å². The van der Waals surface area contributed by atoms with Crippen LogP contribution in [0.15, 0.2) is 36.5 Å². The summed E-state index contributed by atoms with van der Waals surface area (Å²) in [6.45, 7) is 4.31. The summed E-state index contributed by atoms with van der Waals surface area (Å²) in [5, 5.41) is 3.85. The standard InChI is InChI=1S/C19H22ClN5O2/c1-14(26)24-9-11-25(12-10-24)18(27)17-6-8-22-19(23-17)21-7-5-15-3-2-4-16(20)13-15/h2-4,6,8,13H,5,7,9-12H2,1H3,(H,21,22,23). The second kappa shape index (κ2) is 8.81. The summed E-state index contributed by atoms with van der Waals surface area (Å²) in [4.78, 5) is 36.0. The molecule has 2 heterocycles. The lowest BCUT2D eigenvalue weighted by molar-refractivity contribution is -0.130. The van der Waals surface area contributed by atoms with Crippen molar-refractivity contribution in [1.82, 2.24) is 19.8 Å². The summed E-state index contributed by atoms with van der Waals surface area (Å²) in [6, 6.07) is 9.30. The Morgan fingerprint density at radius 2 is 1.89 bits per heavy atom. The smallest absolute Gasteiger partial charge is 0.272 e. The van der Waals surface area contributed by atoms with Gasteiger partial charge in [0.2, 0.25) is 11.9 Å². The first-order chi connectivity index (χ1) is 13.0. The Labute approximate surface area is 163 Å². The van der Waals surface area contributed by atoms with E-state index in [1.807, 2.05) is 24.3 Å². The van der Waals surface area contributed by atoms with E-state index < -0.39 is 0 Å². The molecular weight excluding hydrogens is 366 g/mol. The van der Waals surface area contributed by atoms with Gasteiger partial charge in [-0.3, -0.25) is 9.59 Å². The quantitative estimate of drug-likeness (QED) is 0.849. The molecule has 142 valence electrons. The van der Waals surface area contributed by atoms with Crippen LogP contribution in [0.5, 0.6) is 0 Å². The van der Waals surface area contributed by atoms with Gasteiger partial charge < -0.3 is 15.1 Å². The molecule has 1 saturated heterocycles. The third-order valence-electron chi connectivity index (χ3n) is 4.47. The van der Waals surface area contributed by atoms with E-state index in [1.165, 1.54) is 0 Å². The molecule has 1 aliphatic heterocycles. The number of piperazine rings is 1. The van der Waals surface area contributed by atoms with E-state index in [9.17, 15) is 9.59 Å². The monoisotopic (exact) mass is 387 g/mol. The maximum atomic E-state index is 12.7. The summed E-state index contributed by atoms with van der Waals surface area (Å²) in [5.74, 6) is 0.319. The fourth-order valence-corrected chi connectivity index (χ4v) is 3.17. The van der Waals surface area contributed by atoms with Crippen LogP contribution in [0.3, 0.4) is 0 Å². The van der Waals surface area contributed by atoms with Crippen LogP contribution in [0, 0.1) is 0 Å². The van der Waals surface area contributed by atoms with Crippen molar-refractivity contribution in [3.63, 3.8) is 0 Å². The Morgan fingerprint density at radius 1 is 1.15 bits per heavy atom. The van der Waals surface area contributed by atoms with Gasteiger partial charge in [-0.2, -0.15) is 0 Å². The van der Waals surface area contributed by atoms with Gasteiger partial charge in [0.05, 0.1) is 0 Å². The first-order valence-corrected chi connectivity index (χ1v) is 9.27. The number of nitrogens with zero attached hydrogens (tertiary/aromatic N) is 4. The van der Waals surface area contributed by atoms with E-state index in [-0.39, 0.29) is 11.8 Å². The molecule has 0 aliphatic carbocycles. The van der Waals surface area contributed by atoms with Crippen molar-refractivity contribution in [2.75, 3.05) is 38.0 Å². The summed E-state index contributed by atoms with van der Waals surface area (Å²) >= 11 is 5.99. The molecule has 1 N–H and O–H groups in total. The Balaban J connectivity index is 1.55. The molecular formula is C19H22ClN5O2. The van der Waals surface area contributed by atoms with Crippen LogP contribution >= 0.6 is 11.6 Å². The molecule has 1 aliphatic rings. The van der Waals surface area contributed by atoms with Gasteiger partial charge in [-0.1, -0.05) is 23.7 Å². The number of nitrogens with one attached hydrogen (secondary N) is 1. The predicted octanol–water partition coefficient (Wildman–Crippen LogP) is 2.09. The summed E-state index contributed by atoms with van der Waals surface area (Å²) in [7, 11) is 0. The number of rotatable bonds is 5. The predicted molar refractivity (Wildman–Crippen MR) is 104 cm³/mol. The van der Waals surface area contributed by atoms with Crippen molar-refractivity contribution in [3.8, 4) is 0 Å². The van der Waals surface area contributed by atoms with Crippen LogP contribution in [-0.2, 0) is 11.2 Å². The molecule has 0 unspecified atom stereocenters. The summed E-state index contributed by atoms with van der Waals surface area (Å²) in [6.07, 6.45) is 2.35. The van der Waals surface area contributed by atoms with Crippen molar-refractivity contribution in [2.24, 2.45) is 0 Å². The van der Waals surface area contributed by atoms with E-state index in [4.69, 9.17) is 11.6 Å². The minimum absolute atomic E-state index is 0.0373. The number of carbonyl (C=O) groups is 2. The van der Waals surface area contributed by atoms with Crippen LogP contribution in [0.2, 0.25) is 5.02 Å². The highest BCUT2D eigenvalue weighted by molar-refractivity contribution is 6.30. The maximum absolute atomic E-state index is 12.7. The Bertz CT molecular complexity index is 821. The largest absolute Gasteiger partial charge is 0.354 e. The second-order valence-corrected chi connectivity index (χ2v) is 6.81. The molecule has 8 heteroatoms. The van der Waals surface area contributed by atoms with Gasteiger partial charge in [-0.05, 0) is 30.2 Å². The lowest BCUT2D eigenvalue weighted by atomic mass is 10.1. The average molecular weight is 388 g/mol. The molecule has 7 nitrogen and oxygen atoms in total. The van der Waals surface area contributed by atoms with Crippen LogP contribution in [0.1, 0.15) is 23.0 Å². The van der Waals surface area contributed by atoms with Gasteiger partial charge in [-0.15, -0.1) is 0 Å². The van der Waals surface area contributed by atoms with E-state index in [2.05, 4.69) is 15.3 Å².